The average molecular weight is 293 g/mol. The van der Waals surface area contributed by atoms with E-state index in [-0.39, 0.29) is 0 Å². The van der Waals surface area contributed by atoms with Gasteiger partial charge in [-0.15, -0.1) is 0 Å². The first-order valence-corrected chi connectivity index (χ1v) is 6.73. The number of nitrogens with two attached hydrogens (primary N) is 1. The molecule has 0 aliphatic heterocycles. The predicted octanol–water partition coefficient (Wildman–Crippen LogP) is 2.50. The largest absolute Gasteiger partial charge is 0.481 e. The van der Waals surface area contributed by atoms with E-state index in [0.29, 0.717) is 17.4 Å². The molecule has 3 heterocycles. The number of ether oxygens (including phenoxy) is 1. The van der Waals surface area contributed by atoms with Crippen molar-refractivity contribution in [2.75, 3.05) is 12.8 Å². The first-order valence-electron chi connectivity index (χ1n) is 6.73. The van der Waals surface area contributed by atoms with Gasteiger partial charge < -0.3 is 10.5 Å². The second-order valence-electron chi connectivity index (χ2n) is 4.75. The average Bonchev–Trinajstić information content (AvgIpc) is 2.57. The van der Waals surface area contributed by atoms with Crippen LogP contribution < -0.4 is 10.5 Å². The molecule has 0 amide bonds. The van der Waals surface area contributed by atoms with E-state index in [4.69, 9.17) is 10.5 Å². The normalized spacial score (nSPS) is 10.5. The fraction of sp³-hybridized carbons (Fsp3) is 0.125. The van der Waals surface area contributed by atoms with Crippen molar-refractivity contribution in [2.24, 2.45) is 0 Å². The molecule has 6 nitrogen and oxygen atoms in total. The summed E-state index contributed by atoms with van der Waals surface area (Å²) in [6, 6.07) is 7.34. The van der Waals surface area contributed by atoms with Gasteiger partial charge in [-0.2, -0.15) is 0 Å². The summed E-state index contributed by atoms with van der Waals surface area (Å²) in [5, 5.41) is 0. The lowest BCUT2D eigenvalue weighted by Crippen LogP contribution is -1.97. The van der Waals surface area contributed by atoms with Gasteiger partial charge >= 0.3 is 0 Å². The molecule has 3 rings (SSSR count). The summed E-state index contributed by atoms with van der Waals surface area (Å²) in [7, 11) is 1.57. The highest BCUT2D eigenvalue weighted by Crippen LogP contribution is 2.25. The van der Waals surface area contributed by atoms with E-state index in [9.17, 15) is 0 Å². The Labute approximate surface area is 128 Å². The lowest BCUT2D eigenvalue weighted by molar-refractivity contribution is 0.398. The highest BCUT2D eigenvalue weighted by molar-refractivity contribution is 5.68. The van der Waals surface area contributed by atoms with Gasteiger partial charge in [0.15, 0.2) is 5.82 Å². The zero-order chi connectivity index (χ0) is 15.5. The van der Waals surface area contributed by atoms with Crippen molar-refractivity contribution in [3.05, 3.63) is 48.5 Å². The van der Waals surface area contributed by atoms with Gasteiger partial charge in [0.1, 0.15) is 0 Å². The molecule has 3 aromatic rings. The first kappa shape index (κ1) is 13.9. The number of rotatable bonds is 3. The Morgan fingerprint density at radius 3 is 2.68 bits per heavy atom. The molecule has 0 unspecified atom stereocenters. The third-order valence-corrected chi connectivity index (χ3v) is 3.24. The first-order chi connectivity index (χ1) is 10.7. The van der Waals surface area contributed by atoms with E-state index in [1.165, 1.54) is 0 Å². The van der Waals surface area contributed by atoms with Gasteiger partial charge in [0, 0.05) is 35.3 Å². The Morgan fingerprint density at radius 1 is 1.05 bits per heavy atom. The van der Waals surface area contributed by atoms with Crippen LogP contribution in [0.25, 0.3) is 22.6 Å². The molecule has 0 aromatic carbocycles. The minimum atomic E-state index is 0.522. The number of pyridine rings is 2. The van der Waals surface area contributed by atoms with Crippen molar-refractivity contribution in [3.63, 3.8) is 0 Å². The van der Waals surface area contributed by atoms with Crippen LogP contribution in [0.2, 0.25) is 0 Å². The van der Waals surface area contributed by atoms with E-state index in [1.807, 2.05) is 25.1 Å². The van der Waals surface area contributed by atoms with E-state index >= 15 is 0 Å². The zero-order valence-corrected chi connectivity index (χ0v) is 12.3. The molecule has 6 heteroatoms. The van der Waals surface area contributed by atoms with Gasteiger partial charge in [-0.1, -0.05) is 0 Å². The van der Waals surface area contributed by atoms with Crippen LogP contribution in [-0.4, -0.2) is 27.0 Å². The Balaban J connectivity index is 2.07. The van der Waals surface area contributed by atoms with Gasteiger partial charge in [0.25, 0.3) is 0 Å². The molecule has 0 saturated heterocycles. The second-order valence-corrected chi connectivity index (χ2v) is 4.75. The summed E-state index contributed by atoms with van der Waals surface area (Å²) < 4.78 is 5.13. The number of anilines is 1. The van der Waals surface area contributed by atoms with Gasteiger partial charge in [-0.05, 0) is 25.1 Å². The maximum Gasteiger partial charge on any atom is 0.213 e. The molecule has 3 aromatic heterocycles. The smallest absolute Gasteiger partial charge is 0.213 e. The highest BCUT2D eigenvalue weighted by Gasteiger charge is 2.09. The van der Waals surface area contributed by atoms with E-state index < -0.39 is 0 Å². The van der Waals surface area contributed by atoms with Crippen LogP contribution in [0.5, 0.6) is 5.88 Å². The number of methoxy groups -OCH3 is 1. The third-order valence-electron chi connectivity index (χ3n) is 3.24. The van der Waals surface area contributed by atoms with Gasteiger partial charge in [0.05, 0.1) is 24.7 Å². The van der Waals surface area contributed by atoms with Crippen molar-refractivity contribution in [3.8, 4) is 28.5 Å². The Bertz CT molecular complexity index is 819. The zero-order valence-electron chi connectivity index (χ0n) is 12.3. The molecule has 0 aliphatic rings. The molecule has 2 N–H and O–H groups in total. The minimum absolute atomic E-state index is 0.522. The number of nitrogen functional groups attached to an aromatic ring is 1. The highest BCUT2D eigenvalue weighted by atomic mass is 16.5. The van der Waals surface area contributed by atoms with E-state index in [1.54, 1.807) is 31.8 Å². The van der Waals surface area contributed by atoms with E-state index in [0.717, 1.165) is 22.5 Å². The molecule has 22 heavy (non-hydrogen) atoms. The fourth-order valence-electron chi connectivity index (χ4n) is 2.12. The maximum atomic E-state index is 5.82. The van der Waals surface area contributed by atoms with Gasteiger partial charge in [0.2, 0.25) is 5.88 Å². The monoisotopic (exact) mass is 293 g/mol. The second kappa shape index (κ2) is 5.77. The molecule has 0 radical (unpaired) electrons. The van der Waals surface area contributed by atoms with E-state index in [2.05, 4.69) is 19.9 Å². The minimum Gasteiger partial charge on any atom is -0.481 e. The molecule has 0 fully saturated rings. The summed E-state index contributed by atoms with van der Waals surface area (Å²) in [6.45, 7) is 1.92. The molecule has 0 aliphatic carbocycles. The number of hydrogen-bond acceptors (Lipinski definition) is 6. The number of aryl methyl sites for hydroxylation is 1. The Morgan fingerprint density at radius 2 is 1.86 bits per heavy atom. The van der Waals surface area contributed by atoms with Crippen LogP contribution in [-0.2, 0) is 0 Å². The number of aromatic nitrogens is 4. The topological polar surface area (TPSA) is 86.8 Å². The quantitative estimate of drug-likeness (QED) is 0.798. The molecule has 0 bridgehead atoms. The molecular formula is C16H15N5O. The summed E-state index contributed by atoms with van der Waals surface area (Å²) in [5.41, 5.74) is 9.80. The summed E-state index contributed by atoms with van der Waals surface area (Å²) in [4.78, 5) is 17.3. The Kier molecular flexibility index (Phi) is 3.65. The molecule has 0 spiro atoms. The summed E-state index contributed by atoms with van der Waals surface area (Å²) in [5.74, 6) is 1.12. The molecule has 0 saturated carbocycles. The van der Waals surface area contributed by atoms with Crippen molar-refractivity contribution < 1.29 is 4.74 Å². The van der Waals surface area contributed by atoms with Crippen molar-refractivity contribution in [1.29, 1.82) is 0 Å². The van der Waals surface area contributed by atoms with Crippen LogP contribution in [0, 0.1) is 6.92 Å². The summed E-state index contributed by atoms with van der Waals surface area (Å²) in [6.07, 6.45) is 5.01. The molecule has 110 valence electrons. The van der Waals surface area contributed by atoms with Crippen LogP contribution in [0.3, 0.4) is 0 Å². The Hall–Kier alpha value is -3.02. The summed E-state index contributed by atoms with van der Waals surface area (Å²) >= 11 is 0. The lowest BCUT2D eigenvalue weighted by atomic mass is 10.1. The number of nitrogens with zero attached hydrogens (tertiary/aromatic N) is 4. The lowest BCUT2D eigenvalue weighted by Gasteiger charge is -2.08. The van der Waals surface area contributed by atoms with Crippen LogP contribution >= 0.6 is 0 Å². The predicted molar refractivity (Wildman–Crippen MR) is 84.2 cm³/mol. The van der Waals surface area contributed by atoms with Crippen molar-refractivity contribution in [1.82, 2.24) is 19.9 Å². The molecule has 0 atom stereocenters. The van der Waals surface area contributed by atoms with Crippen LogP contribution in [0.1, 0.15) is 5.69 Å². The SMILES string of the molecule is COc1cc(-c2nccc(-c3cc(N)cnc3C)n2)ccn1. The maximum absolute atomic E-state index is 5.82. The molecular weight excluding hydrogens is 278 g/mol. The number of hydrogen-bond donors (Lipinski definition) is 1. The van der Waals surface area contributed by atoms with Gasteiger partial charge in [-0.3, -0.25) is 4.98 Å². The van der Waals surface area contributed by atoms with Crippen LogP contribution in [0.4, 0.5) is 5.69 Å². The third kappa shape index (κ3) is 2.71. The standard InChI is InChI=1S/C16H15N5O/c1-10-13(8-12(17)9-20-10)14-4-6-19-16(21-14)11-3-5-18-15(7-11)22-2/h3-9H,17H2,1-2H3. The fourth-order valence-corrected chi connectivity index (χ4v) is 2.12. The van der Waals surface area contributed by atoms with Crippen molar-refractivity contribution in [2.45, 2.75) is 6.92 Å². The van der Waals surface area contributed by atoms with Crippen molar-refractivity contribution >= 4 is 5.69 Å². The van der Waals surface area contributed by atoms with Crippen LogP contribution in [0.15, 0.2) is 42.9 Å². The van der Waals surface area contributed by atoms with Gasteiger partial charge in [-0.25, -0.2) is 15.0 Å².